The SMILES string of the molecule is O=C([C@@H]1CCCN1)N1CCc2sccc2C1. The van der Waals surface area contributed by atoms with Crippen molar-refractivity contribution in [3.05, 3.63) is 21.9 Å². The first-order valence-corrected chi connectivity index (χ1v) is 6.80. The fraction of sp³-hybridized carbons (Fsp3) is 0.583. The minimum Gasteiger partial charge on any atom is -0.337 e. The van der Waals surface area contributed by atoms with E-state index in [2.05, 4.69) is 16.8 Å². The second kappa shape index (κ2) is 4.18. The summed E-state index contributed by atoms with van der Waals surface area (Å²) >= 11 is 1.82. The molecule has 1 aromatic heterocycles. The Kier molecular flexibility index (Phi) is 2.69. The van der Waals surface area contributed by atoms with Gasteiger partial charge in [0.2, 0.25) is 5.91 Å². The molecule has 1 saturated heterocycles. The van der Waals surface area contributed by atoms with E-state index in [0.717, 1.165) is 38.9 Å². The average molecular weight is 236 g/mol. The highest BCUT2D eigenvalue weighted by Gasteiger charge is 2.29. The van der Waals surface area contributed by atoms with Gasteiger partial charge in [0, 0.05) is 18.0 Å². The molecule has 1 amide bonds. The van der Waals surface area contributed by atoms with Gasteiger partial charge in [-0.05, 0) is 42.8 Å². The largest absolute Gasteiger partial charge is 0.337 e. The molecule has 1 N–H and O–H groups in total. The van der Waals surface area contributed by atoms with Crippen LogP contribution in [0, 0.1) is 0 Å². The van der Waals surface area contributed by atoms with E-state index in [0.29, 0.717) is 5.91 Å². The Balaban J connectivity index is 1.71. The summed E-state index contributed by atoms with van der Waals surface area (Å²) in [5, 5.41) is 5.41. The topological polar surface area (TPSA) is 32.3 Å². The van der Waals surface area contributed by atoms with Crippen molar-refractivity contribution >= 4 is 17.2 Å². The van der Waals surface area contributed by atoms with Crippen molar-refractivity contribution in [1.29, 1.82) is 0 Å². The van der Waals surface area contributed by atoms with Gasteiger partial charge in [0.05, 0.1) is 6.04 Å². The minimum absolute atomic E-state index is 0.0835. The standard InChI is InChI=1S/C12H16N2OS/c15-12(10-2-1-5-13-10)14-6-3-11-9(8-14)4-7-16-11/h4,7,10,13H,1-3,5-6,8H2/t10-/m0/s1. The molecule has 1 aromatic rings. The second-order valence-corrected chi connectivity index (χ2v) is 5.53. The highest BCUT2D eigenvalue weighted by molar-refractivity contribution is 7.10. The van der Waals surface area contributed by atoms with Gasteiger partial charge in [-0.1, -0.05) is 0 Å². The van der Waals surface area contributed by atoms with Crippen molar-refractivity contribution in [2.24, 2.45) is 0 Å². The lowest BCUT2D eigenvalue weighted by atomic mass is 10.1. The van der Waals surface area contributed by atoms with E-state index in [4.69, 9.17) is 0 Å². The fourth-order valence-corrected chi connectivity index (χ4v) is 3.44. The van der Waals surface area contributed by atoms with Crippen LogP contribution in [-0.2, 0) is 17.8 Å². The number of nitrogens with zero attached hydrogens (tertiary/aromatic N) is 1. The van der Waals surface area contributed by atoms with Crippen LogP contribution in [0.1, 0.15) is 23.3 Å². The number of carbonyl (C=O) groups is 1. The third-order valence-electron chi connectivity index (χ3n) is 3.48. The van der Waals surface area contributed by atoms with Crippen LogP contribution >= 0.6 is 11.3 Å². The summed E-state index contributed by atoms with van der Waals surface area (Å²) in [5.41, 5.74) is 1.35. The van der Waals surface area contributed by atoms with Crippen LogP contribution in [0.5, 0.6) is 0 Å². The lowest BCUT2D eigenvalue weighted by molar-refractivity contribution is -0.134. The molecule has 16 heavy (non-hydrogen) atoms. The molecule has 0 aromatic carbocycles. The fourth-order valence-electron chi connectivity index (χ4n) is 2.55. The third-order valence-corrected chi connectivity index (χ3v) is 4.50. The molecule has 0 spiro atoms. The Bertz CT molecular complexity index is 395. The first-order chi connectivity index (χ1) is 7.84. The summed E-state index contributed by atoms with van der Waals surface area (Å²) < 4.78 is 0. The predicted octanol–water partition coefficient (Wildman–Crippen LogP) is 1.38. The van der Waals surface area contributed by atoms with Crippen LogP contribution in [0.15, 0.2) is 11.4 Å². The van der Waals surface area contributed by atoms with Crippen molar-refractivity contribution in [3.8, 4) is 0 Å². The van der Waals surface area contributed by atoms with Gasteiger partial charge in [0.15, 0.2) is 0 Å². The summed E-state index contributed by atoms with van der Waals surface area (Å²) in [6, 6.07) is 2.24. The summed E-state index contributed by atoms with van der Waals surface area (Å²) in [4.78, 5) is 15.7. The van der Waals surface area contributed by atoms with Crippen molar-refractivity contribution in [1.82, 2.24) is 10.2 Å². The van der Waals surface area contributed by atoms with Crippen molar-refractivity contribution in [2.75, 3.05) is 13.1 Å². The summed E-state index contributed by atoms with van der Waals surface area (Å²) in [7, 11) is 0. The van der Waals surface area contributed by atoms with E-state index in [1.807, 2.05) is 16.2 Å². The number of nitrogens with one attached hydrogen (secondary N) is 1. The Labute approximate surface area is 99.5 Å². The molecule has 0 unspecified atom stereocenters. The molecule has 3 rings (SSSR count). The first-order valence-electron chi connectivity index (χ1n) is 5.92. The Morgan fingerprint density at radius 2 is 2.50 bits per heavy atom. The zero-order valence-corrected chi connectivity index (χ0v) is 10.1. The van der Waals surface area contributed by atoms with Crippen molar-refractivity contribution in [3.63, 3.8) is 0 Å². The maximum Gasteiger partial charge on any atom is 0.240 e. The average Bonchev–Trinajstić information content (AvgIpc) is 2.98. The highest BCUT2D eigenvalue weighted by atomic mass is 32.1. The molecule has 2 aliphatic rings. The van der Waals surface area contributed by atoms with Crippen LogP contribution in [0.25, 0.3) is 0 Å². The molecule has 86 valence electrons. The molecule has 0 bridgehead atoms. The zero-order valence-electron chi connectivity index (χ0n) is 9.24. The van der Waals surface area contributed by atoms with Crippen LogP contribution < -0.4 is 5.32 Å². The Hall–Kier alpha value is -0.870. The van der Waals surface area contributed by atoms with Crippen LogP contribution in [0.2, 0.25) is 0 Å². The van der Waals surface area contributed by atoms with Gasteiger partial charge in [-0.2, -0.15) is 0 Å². The zero-order chi connectivity index (χ0) is 11.0. The lowest BCUT2D eigenvalue weighted by Gasteiger charge is -2.29. The molecule has 0 aliphatic carbocycles. The molecule has 1 fully saturated rings. The van der Waals surface area contributed by atoms with E-state index in [-0.39, 0.29) is 6.04 Å². The van der Waals surface area contributed by atoms with E-state index in [1.165, 1.54) is 10.4 Å². The number of carbonyl (C=O) groups excluding carboxylic acids is 1. The van der Waals surface area contributed by atoms with Crippen LogP contribution in [0.3, 0.4) is 0 Å². The van der Waals surface area contributed by atoms with E-state index in [1.54, 1.807) is 0 Å². The first kappa shape index (κ1) is 10.3. The molecular weight excluding hydrogens is 220 g/mol. The smallest absolute Gasteiger partial charge is 0.240 e. The normalized spacial score (nSPS) is 24.5. The maximum absolute atomic E-state index is 12.2. The maximum atomic E-state index is 12.2. The predicted molar refractivity (Wildman–Crippen MR) is 64.5 cm³/mol. The van der Waals surface area contributed by atoms with Crippen LogP contribution in [0.4, 0.5) is 0 Å². The van der Waals surface area contributed by atoms with Gasteiger partial charge in [-0.25, -0.2) is 0 Å². The molecule has 3 heterocycles. The van der Waals surface area contributed by atoms with E-state index < -0.39 is 0 Å². The van der Waals surface area contributed by atoms with Crippen molar-refractivity contribution in [2.45, 2.75) is 31.8 Å². The molecule has 0 radical (unpaired) electrons. The number of hydrogen-bond donors (Lipinski definition) is 1. The quantitative estimate of drug-likeness (QED) is 0.799. The molecular formula is C12H16N2OS. The lowest BCUT2D eigenvalue weighted by Crippen LogP contribution is -2.45. The number of thiophene rings is 1. The third kappa shape index (κ3) is 1.76. The highest BCUT2D eigenvalue weighted by Crippen LogP contribution is 2.24. The van der Waals surface area contributed by atoms with Gasteiger partial charge in [0.25, 0.3) is 0 Å². The van der Waals surface area contributed by atoms with Crippen molar-refractivity contribution < 1.29 is 4.79 Å². The van der Waals surface area contributed by atoms with Gasteiger partial charge >= 0.3 is 0 Å². The van der Waals surface area contributed by atoms with Gasteiger partial charge in [-0.3, -0.25) is 4.79 Å². The number of amides is 1. The summed E-state index contributed by atoms with van der Waals surface area (Å²) in [6.45, 7) is 2.70. The van der Waals surface area contributed by atoms with Gasteiger partial charge in [0.1, 0.15) is 0 Å². The van der Waals surface area contributed by atoms with E-state index >= 15 is 0 Å². The molecule has 3 nitrogen and oxygen atoms in total. The van der Waals surface area contributed by atoms with Gasteiger partial charge in [-0.15, -0.1) is 11.3 Å². The second-order valence-electron chi connectivity index (χ2n) is 4.53. The summed E-state index contributed by atoms with van der Waals surface area (Å²) in [6.07, 6.45) is 3.17. The molecule has 0 saturated carbocycles. The molecule has 4 heteroatoms. The Morgan fingerprint density at radius 3 is 3.31 bits per heavy atom. The van der Waals surface area contributed by atoms with E-state index in [9.17, 15) is 4.79 Å². The minimum atomic E-state index is 0.0835. The number of fused-ring (bicyclic) bond motifs is 1. The summed E-state index contributed by atoms with van der Waals surface area (Å²) in [5.74, 6) is 0.300. The van der Waals surface area contributed by atoms with Gasteiger partial charge < -0.3 is 10.2 Å². The monoisotopic (exact) mass is 236 g/mol. The number of hydrogen-bond acceptors (Lipinski definition) is 3. The molecule has 2 aliphatic heterocycles. The Morgan fingerprint density at radius 1 is 1.56 bits per heavy atom. The number of rotatable bonds is 1. The molecule has 1 atom stereocenters. The van der Waals surface area contributed by atoms with Crippen LogP contribution in [-0.4, -0.2) is 29.9 Å².